The Kier molecular flexibility index (Phi) is 6.17. The van der Waals surface area contributed by atoms with Crippen LogP contribution in [0.5, 0.6) is 23.1 Å². The number of rotatable bonds is 5. The molecule has 1 aliphatic rings. The van der Waals surface area contributed by atoms with E-state index in [1.807, 2.05) is 109 Å². The van der Waals surface area contributed by atoms with Crippen LogP contribution in [0.2, 0.25) is 0 Å². The van der Waals surface area contributed by atoms with E-state index in [2.05, 4.69) is 17.1 Å². The van der Waals surface area contributed by atoms with E-state index in [4.69, 9.17) is 18.3 Å². The summed E-state index contributed by atoms with van der Waals surface area (Å²) in [4.78, 5) is 8.24. The van der Waals surface area contributed by atoms with Crippen LogP contribution in [0.3, 0.4) is 0 Å². The monoisotopic (exact) mass is 717 g/mol. The van der Waals surface area contributed by atoms with Gasteiger partial charge in [0.05, 0.1) is 11.3 Å². The van der Waals surface area contributed by atoms with Gasteiger partial charge in [0, 0.05) is 55.8 Å². The van der Waals surface area contributed by atoms with Crippen LogP contribution in [-0.4, -0.2) is 16.9 Å². The van der Waals surface area contributed by atoms with Crippen LogP contribution in [0.1, 0.15) is 0 Å². The van der Waals surface area contributed by atoms with Gasteiger partial charge in [-0.3, -0.25) is 0 Å². The molecule has 0 saturated carbocycles. The number of ether oxygens (including phenoxy) is 2. The largest absolute Gasteiger partial charge is 0.512 e. The van der Waals surface area contributed by atoms with Crippen molar-refractivity contribution in [2.24, 2.45) is 0 Å². The van der Waals surface area contributed by atoms with E-state index in [1.54, 1.807) is 12.3 Å². The third-order valence-electron chi connectivity index (χ3n) is 6.81. The summed E-state index contributed by atoms with van der Waals surface area (Å²) in [5, 5.41) is 3.55. The van der Waals surface area contributed by atoms with E-state index in [-0.39, 0.29) is 21.1 Å². The van der Waals surface area contributed by atoms with Crippen molar-refractivity contribution in [3.8, 4) is 23.1 Å². The summed E-state index contributed by atoms with van der Waals surface area (Å²) in [7, 11) is 1.97. The fourth-order valence-electron chi connectivity index (χ4n) is 5.01. The van der Waals surface area contributed by atoms with Gasteiger partial charge in [0.15, 0.2) is 0 Å². The first kappa shape index (κ1) is 25.2. The Morgan fingerprint density at radius 3 is 2.32 bits per heavy atom. The Morgan fingerprint density at radius 2 is 1.54 bits per heavy atom. The molecule has 204 valence electrons. The molecule has 41 heavy (non-hydrogen) atoms. The second-order valence-corrected chi connectivity index (χ2v) is 9.48. The van der Waals surface area contributed by atoms with Crippen LogP contribution in [0.4, 0.5) is 5.69 Å². The Balaban J connectivity index is 0.00000276. The topological polar surface area (TPSA) is 64.1 Å². The summed E-state index contributed by atoms with van der Waals surface area (Å²) in [5.74, 6) is 1.77. The molecule has 4 heterocycles. The third kappa shape index (κ3) is 4.39. The average molecular weight is 718 g/mol. The normalized spacial score (nSPS) is 13.0. The summed E-state index contributed by atoms with van der Waals surface area (Å²) in [5.41, 5.74) is 3.55. The minimum atomic E-state index is 0. The molecule has 1 aliphatic heterocycles. The number of aromatic nitrogens is 1. The molecular weight excluding hydrogens is 697 g/mol. The van der Waals surface area contributed by atoms with E-state index in [0.717, 1.165) is 38.4 Å². The number of benzene rings is 4. The molecule has 0 unspecified atom stereocenters. The van der Waals surface area contributed by atoms with Crippen molar-refractivity contribution in [2.45, 2.75) is 0 Å². The van der Waals surface area contributed by atoms with Gasteiger partial charge in [-0.25, -0.2) is 4.98 Å². The molecule has 4 aromatic carbocycles. The maximum atomic E-state index is 6.60. The van der Waals surface area contributed by atoms with Crippen molar-refractivity contribution in [1.82, 2.24) is 9.88 Å². The number of fused-ring (bicyclic) bond motifs is 6. The van der Waals surface area contributed by atoms with Crippen molar-refractivity contribution in [1.29, 1.82) is 0 Å². The van der Waals surface area contributed by atoms with E-state index < -0.39 is 0 Å². The van der Waals surface area contributed by atoms with Crippen LogP contribution < -0.4 is 14.4 Å². The van der Waals surface area contributed by atoms with Crippen LogP contribution in [-0.2, 0) is 21.1 Å². The molecule has 0 radical (unpaired) electrons. The number of para-hydroxylation sites is 2. The van der Waals surface area contributed by atoms with Crippen LogP contribution in [0, 0.1) is 18.8 Å². The fraction of sp³-hybridized carbons (Fsp3) is 0.0303. The summed E-state index contributed by atoms with van der Waals surface area (Å²) in [6.45, 7) is 1.96. The van der Waals surface area contributed by atoms with Crippen molar-refractivity contribution >= 4 is 49.6 Å². The van der Waals surface area contributed by atoms with E-state index >= 15 is 0 Å². The molecule has 8 heteroatoms. The average Bonchev–Trinajstić information content (AvgIpc) is 3.68. The van der Waals surface area contributed by atoms with Crippen molar-refractivity contribution in [2.75, 3.05) is 11.9 Å². The number of hydrogen-bond acceptors (Lipinski definition) is 7. The molecule has 7 aromatic rings. The maximum Gasteiger partial charge on any atom is 0.216 e. The predicted octanol–water partition coefficient (Wildman–Crippen LogP) is 8.41. The second-order valence-electron chi connectivity index (χ2n) is 9.48. The first-order valence-electron chi connectivity index (χ1n) is 12.7. The van der Waals surface area contributed by atoms with Gasteiger partial charge in [-0.05, 0) is 48.4 Å². The molecule has 7 nitrogen and oxygen atoms in total. The van der Waals surface area contributed by atoms with Crippen LogP contribution in [0.15, 0.2) is 106 Å². The van der Waals surface area contributed by atoms with E-state index in [9.17, 15) is 0 Å². The zero-order chi connectivity index (χ0) is 26.6. The molecule has 0 N–H and O–H groups in total. The van der Waals surface area contributed by atoms with Crippen LogP contribution in [0.25, 0.3) is 43.9 Å². The van der Waals surface area contributed by atoms with Gasteiger partial charge in [-0.15, -0.1) is 18.2 Å². The first-order chi connectivity index (χ1) is 19.7. The van der Waals surface area contributed by atoms with Gasteiger partial charge in [0.25, 0.3) is 0 Å². The fourth-order valence-corrected chi connectivity index (χ4v) is 5.01. The molecule has 0 spiro atoms. The Morgan fingerprint density at radius 1 is 0.756 bits per heavy atom. The number of anilines is 1. The Labute approximate surface area is 249 Å². The van der Waals surface area contributed by atoms with Crippen LogP contribution >= 0.6 is 0 Å². The van der Waals surface area contributed by atoms with E-state index in [1.165, 1.54) is 0 Å². The Bertz CT molecular complexity index is 2080. The molecule has 0 atom stereocenters. The second kappa shape index (κ2) is 10.0. The molecule has 0 fully saturated rings. The SMILES string of the molecule is CN1C=CN(c2[c-]c(Oc3[c-]c(Oc4ccccn4)c4oc5ccccc5c4c3)c3c(c2)oc2ccccc23)[CH-]1.[Pt]. The number of pyridine rings is 1. The molecule has 0 bridgehead atoms. The summed E-state index contributed by atoms with van der Waals surface area (Å²) >= 11 is 0. The van der Waals surface area contributed by atoms with Gasteiger partial charge in [0.1, 0.15) is 11.2 Å². The number of furan rings is 2. The molecular formula is C33H20N3O4Pt-3. The zero-order valence-corrected chi connectivity index (χ0v) is 23.9. The van der Waals surface area contributed by atoms with Gasteiger partial charge >= 0.3 is 0 Å². The van der Waals surface area contributed by atoms with Gasteiger partial charge in [-0.1, -0.05) is 59.6 Å². The smallest absolute Gasteiger partial charge is 0.216 e. The molecule has 3 aromatic heterocycles. The molecule has 8 rings (SSSR count). The third-order valence-corrected chi connectivity index (χ3v) is 6.81. The first-order valence-corrected chi connectivity index (χ1v) is 12.7. The molecule has 0 amide bonds. The standard InChI is InChI=1S/C33H20N3O4.Pt/c1-35-14-15-36(20-35)21-16-28(32-24-9-3-5-11-27(24)38-29(32)17-21)37-22-18-25-23-8-2-4-10-26(23)40-33(25)30(19-22)39-31-12-6-7-13-34-31;/h2-15,17-18,20H,1H3;/q-3;. The van der Waals surface area contributed by atoms with Crippen molar-refractivity contribution in [3.63, 3.8) is 0 Å². The Hall–Kier alpha value is -4.74. The van der Waals surface area contributed by atoms with Gasteiger partial charge < -0.3 is 28.1 Å². The minimum Gasteiger partial charge on any atom is -0.512 e. The van der Waals surface area contributed by atoms with E-state index in [0.29, 0.717) is 34.3 Å². The number of hydrogen-bond donors (Lipinski definition) is 0. The number of nitrogens with zero attached hydrogens (tertiary/aromatic N) is 3. The maximum absolute atomic E-state index is 6.60. The summed E-state index contributed by atoms with van der Waals surface area (Å²) in [6.07, 6.45) is 5.59. The summed E-state index contributed by atoms with van der Waals surface area (Å²) < 4.78 is 25.2. The quantitative estimate of drug-likeness (QED) is 0.166. The minimum absolute atomic E-state index is 0. The predicted molar refractivity (Wildman–Crippen MR) is 153 cm³/mol. The molecule has 0 saturated heterocycles. The van der Waals surface area contributed by atoms with Gasteiger partial charge in [-0.2, -0.15) is 6.67 Å². The van der Waals surface area contributed by atoms with Gasteiger partial charge in [0.2, 0.25) is 5.88 Å². The van der Waals surface area contributed by atoms with Crippen molar-refractivity contribution in [3.05, 3.63) is 116 Å². The van der Waals surface area contributed by atoms with Crippen molar-refractivity contribution < 1.29 is 39.4 Å². The summed E-state index contributed by atoms with van der Waals surface area (Å²) in [6, 6.07) is 31.8. The zero-order valence-electron chi connectivity index (χ0n) is 21.6. The molecule has 0 aliphatic carbocycles.